The number of nitrogens with zero attached hydrogens (tertiary/aromatic N) is 2. The topological polar surface area (TPSA) is 59.0 Å². The van der Waals surface area contributed by atoms with Gasteiger partial charge in [-0.15, -0.1) is 0 Å². The molecule has 0 saturated heterocycles. The van der Waals surface area contributed by atoms with E-state index in [1.54, 1.807) is 12.4 Å². The molecule has 2 amide bonds. The Bertz CT molecular complexity index is 1050. The van der Waals surface area contributed by atoms with Crippen molar-refractivity contribution < 1.29 is 4.79 Å². The summed E-state index contributed by atoms with van der Waals surface area (Å²) in [6, 6.07) is 15.2. The Kier molecular flexibility index (Phi) is 3.39. The van der Waals surface area contributed by atoms with Crippen molar-refractivity contribution in [2.45, 2.75) is 0 Å². The van der Waals surface area contributed by atoms with Gasteiger partial charge in [0.2, 0.25) is 0 Å². The molecular weight excluding hydrogens is 300 g/mol. The molecule has 0 unspecified atom stereocenters. The second kappa shape index (κ2) is 5.70. The number of urea groups is 1. The first-order valence-electron chi connectivity index (χ1n) is 7.66. The van der Waals surface area contributed by atoms with E-state index in [0.717, 1.165) is 33.1 Å². The predicted molar refractivity (Wildman–Crippen MR) is 97.3 cm³/mol. The van der Waals surface area contributed by atoms with Crippen LogP contribution in [0.4, 0.5) is 16.2 Å². The van der Waals surface area contributed by atoms with Crippen molar-refractivity contribution in [2.24, 2.45) is 7.05 Å². The van der Waals surface area contributed by atoms with Gasteiger partial charge in [0.1, 0.15) is 0 Å². The van der Waals surface area contributed by atoms with Gasteiger partial charge in [0.25, 0.3) is 0 Å². The average Bonchev–Trinajstić information content (AvgIpc) is 2.96. The number of nitrogens with one attached hydrogen (secondary N) is 2. The normalized spacial score (nSPS) is 10.9. The molecule has 0 bridgehead atoms. The molecule has 24 heavy (non-hydrogen) atoms. The number of hydrogen-bond donors (Lipinski definition) is 2. The lowest BCUT2D eigenvalue weighted by molar-refractivity contribution is 0.262. The van der Waals surface area contributed by atoms with Gasteiger partial charge in [-0.3, -0.25) is 4.98 Å². The number of amides is 2. The van der Waals surface area contributed by atoms with Gasteiger partial charge < -0.3 is 15.2 Å². The first-order chi connectivity index (χ1) is 11.7. The van der Waals surface area contributed by atoms with Crippen LogP contribution in [0.15, 0.2) is 67.1 Å². The molecule has 2 heterocycles. The Morgan fingerprint density at radius 1 is 1.04 bits per heavy atom. The fraction of sp³-hybridized carbons (Fsp3) is 0.0526. The summed E-state index contributed by atoms with van der Waals surface area (Å²) in [4.78, 5) is 16.4. The highest BCUT2D eigenvalue weighted by Crippen LogP contribution is 2.23. The Labute approximate surface area is 138 Å². The first-order valence-corrected chi connectivity index (χ1v) is 7.66. The summed E-state index contributed by atoms with van der Waals surface area (Å²) < 4.78 is 2.04. The molecule has 0 aliphatic carbocycles. The molecule has 0 atom stereocenters. The lowest BCUT2D eigenvalue weighted by Gasteiger charge is -2.10. The van der Waals surface area contributed by atoms with Crippen LogP contribution in [-0.4, -0.2) is 15.6 Å². The highest BCUT2D eigenvalue weighted by Gasteiger charge is 2.07. The molecule has 0 spiro atoms. The first kappa shape index (κ1) is 14.3. The summed E-state index contributed by atoms with van der Waals surface area (Å²) in [5.74, 6) is 0. The number of fused-ring (bicyclic) bond motifs is 2. The molecule has 2 aromatic carbocycles. The summed E-state index contributed by atoms with van der Waals surface area (Å²) in [5.41, 5.74) is 2.64. The van der Waals surface area contributed by atoms with Crippen LogP contribution in [0.1, 0.15) is 0 Å². The van der Waals surface area contributed by atoms with E-state index in [2.05, 4.69) is 15.6 Å². The molecule has 0 radical (unpaired) electrons. The fourth-order valence-corrected chi connectivity index (χ4v) is 2.88. The van der Waals surface area contributed by atoms with Crippen molar-refractivity contribution in [3.8, 4) is 0 Å². The summed E-state index contributed by atoms with van der Waals surface area (Å²) in [5, 5.41) is 8.82. The molecule has 118 valence electrons. The monoisotopic (exact) mass is 316 g/mol. The smallest absolute Gasteiger partial charge is 0.323 e. The minimum absolute atomic E-state index is 0.269. The van der Waals surface area contributed by atoms with E-state index >= 15 is 0 Å². The van der Waals surface area contributed by atoms with Crippen LogP contribution in [0, 0.1) is 0 Å². The molecule has 0 saturated carbocycles. The highest BCUT2D eigenvalue weighted by atomic mass is 16.2. The van der Waals surface area contributed by atoms with Crippen molar-refractivity contribution in [2.75, 3.05) is 10.6 Å². The van der Waals surface area contributed by atoms with E-state index < -0.39 is 0 Å². The molecule has 4 aromatic rings. The van der Waals surface area contributed by atoms with Crippen molar-refractivity contribution >= 4 is 39.1 Å². The number of rotatable bonds is 2. The second-order valence-corrected chi connectivity index (χ2v) is 5.68. The SMILES string of the molecule is Cn1ccc2cc(NC(=O)Nc3cccc4cnccc34)ccc21. The lowest BCUT2D eigenvalue weighted by atomic mass is 10.1. The Morgan fingerprint density at radius 3 is 2.88 bits per heavy atom. The van der Waals surface area contributed by atoms with Gasteiger partial charge in [0, 0.05) is 53.0 Å². The minimum Gasteiger partial charge on any atom is -0.351 e. The van der Waals surface area contributed by atoms with Gasteiger partial charge in [-0.25, -0.2) is 4.79 Å². The fourth-order valence-electron chi connectivity index (χ4n) is 2.88. The van der Waals surface area contributed by atoms with Crippen LogP contribution in [-0.2, 0) is 7.05 Å². The van der Waals surface area contributed by atoms with E-state index in [9.17, 15) is 4.79 Å². The molecule has 0 fully saturated rings. The minimum atomic E-state index is -0.269. The number of anilines is 2. The molecule has 0 aliphatic heterocycles. The quantitative estimate of drug-likeness (QED) is 0.577. The average molecular weight is 316 g/mol. The van der Waals surface area contributed by atoms with Crippen LogP contribution in [0.25, 0.3) is 21.7 Å². The summed E-state index contributed by atoms with van der Waals surface area (Å²) >= 11 is 0. The maximum Gasteiger partial charge on any atom is 0.323 e. The summed E-state index contributed by atoms with van der Waals surface area (Å²) in [6.07, 6.45) is 5.50. The van der Waals surface area contributed by atoms with Gasteiger partial charge in [-0.2, -0.15) is 0 Å². The van der Waals surface area contributed by atoms with E-state index in [4.69, 9.17) is 0 Å². The number of carbonyl (C=O) groups excluding carboxylic acids is 1. The highest BCUT2D eigenvalue weighted by molar-refractivity contribution is 6.06. The Hall–Kier alpha value is -3.34. The van der Waals surface area contributed by atoms with Crippen molar-refractivity contribution in [1.82, 2.24) is 9.55 Å². The standard InChI is InChI=1S/C19H16N4O/c1-23-10-8-13-11-15(5-6-18(13)23)21-19(24)22-17-4-2-3-14-12-20-9-7-16(14)17/h2-12H,1H3,(H2,21,22,24). The number of benzene rings is 2. The van der Waals surface area contributed by atoms with E-state index in [1.165, 1.54) is 0 Å². The zero-order chi connectivity index (χ0) is 16.5. The number of hydrogen-bond acceptors (Lipinski definition) is 2. The van der Waals surface area contributed by atoms with Crippen molar-refractivity contribution in [1.29, 1.82) is 0 Å². The second-order valence-electron chi connectivity index (χ2n) is 5.68. The number of pyridine rings is 1. The van der Waals surface area contributed by atoms with Crippen LogP contribution >= 0.6 is 0 Å². The van der Waals surface area contributed by atoms with Crippen LogP contribution in [0.3, 0.4) is 0 Å². The molecule has 5 nitrogen and oxygen atoms in total. The third-order valence-electron chi connectivity index (χ3n) is 4.07. The zero-order valence-corrected chi connectivity index (χ0v) is 13.2. The van der Waals surface area contributed by atoms with Gasteiger partial charge in [-0.05, 0) is 36.4 Å². The maximum atomic E-state index is 12.3. The molecule has 5 heteroatoms. The number of aromatic nitrogens is 2. The van der Waals surface area contributed by atoms with Crippen molar-refractivity contribution in [3.63, 3.8) is 0 Å². The third kappa shape index (κ3) is 2.56. The van der Waals surface area contributed by atoms with E-state index in [-0.39, 0.29) is 6.03 Å². The van der Waals surface area contributed by atoms with E-state index in [0.29, 0.717) is 0 Å². The molecule has 0 aliphatic rings. The zero-order valence-electron chi connectivity index (χ0n) is 13.2. The Balaban J connectivity index is 1.57. The number of carbonyl (C=O) groups is 1. The molecular formula is C19H16N4O. The van der Waals surface area contributed by atoms with Crippen LogP contribution in [0.5, 0.6) is 0 Å². The summed E-state index contributed by atoms with van der Waals surface area (Å²) in [7, 11) is 2.00. The lowest BCUT2D eigenvalue weighted by Crippen LogP contribution is -2.19. The van der Waals surface area contributed by atoms with Crippen LogP contribution in [0.2, 0.25) is 0 Å². The Morgan fingerprint density at radius 2 is 1.96 bits per heavy atom. The number of aryl methyl sites for hydroxylation is 1. The van der Waals surface area contributed by atoms with Crippen LogP contribution < -0.4 is 10.6 Å². The van der Waals surface area contributed by atoms with Crippen molar-refractivity contribution in [3.05, 3.63) is 67.1 Å². The summed E-state index contributed by atoms with van der Waals surface area (Å²) in [6.45, 7) is 0. The van der Waals surface area contributed by atoms with Gasteiger partial charge in [0.15, 0.2) is 0 Å². The predicted octanol–water partition coefficient (Wildman–Crippen LogP) is 4.37. The third-order valence-corrected chi connectivity index (χ3v) is 4.07. The molecule has 2 aromatic heterocycles. The largest absolute Gasteiger partial charge is 0.351 e. The molecule has 4 rings (SSSR count). The maximum absolute atomic E-state index is 12.3. The van der Waals surface area contributed by atoms with Gasteiger partial charge in [-0.1, -0.05) is 12.1 Å². The van der Waals surface area contributed by atoms with E-state index in [1.807, 2.05) is 66.3 Å². The molecule has 2 N–H and O–H groups in total. The van der Waals surface area contributed by atoms with Gasteiger partial charge in [0.05, 0.1) is 5.69 Å². The van der Waals surface area contributed by atoms with Gasteiger partial charge >= 0.3 is 6.03 Å².